The van der Waals surface area contributed by atoms with Gasteiger partial charge in [0.1, 0.15) is 5.65 Å². The Balaban J connectivity index is 1.55. The van der Waals surface area contributed by atoms with Crippen molar-refractivity contribution in [3.63, 3.8) is 0 Å². The normalized spacial score (nSPS) is 16.7. The van der Waals surface area contributed by atoms with Crippen molar-refractivity contribution in [2.24, 2.45) is 0 Å². The first kappa shape index (κ1) is 20.0. The van der Waals surface area contributed by atoms with Crippen LogP contribution in [0.1, 0.15) is 41.5 Å². The van der Waals surface area contributed by atoms with Crippen LogP contribution in [0.4, 0.5) is 0 Å². The summed E-state index contributed by atoms with van der Waals surface area (Å²) in [5.41, 5.74) is 6.07. The molecule has 6 nitrogen and oxygen atoms in total. The van der Waals surface area contributed by atoms with Gasteiger partial charge in [-0.15, -0.1) is 0 Å². The molecular formula is C23H32N6. The van der Waals surface area contributed by atoms with E-state index < -0.39 is 0 Å². The third-order valence-electron chi connectivity index (χ3n) is 5.84. The average Bonchev–Trinajstić information content (AvgIpc) is 3.07. The molecule has 0 fully saturated rings. The molecule has 0 aromatic carbocycles. The Kier molecular flexibility index (Phi) is 6.23. The van der Waals surface area contributed by atoms with Crippen LogP contribution in [0.3, 0.4) is 0 Å². The van der Waals surface area contributed by atoms with Gasteiger partial charge in [0.15, 0.2) is 0 Å². The molecule has 154 valence electrons. The molecule has 0 aliphatic heterocycles. The third-order valence-corrected chi connectivity index (χ3v) is 5.84. The zero-order valence-electron chi connectivity index (χ0n) is 17.8. The van der Waals surface area contributed by atoms with Crippen molar-refractivity contribution in [1.82, 2.24) is 29.5 Å². The number of hydrogen-bond donors (Lipinski definition) is 1. The van der Waals surface area contributed by atoms with Gasteiger partial charge in [-0.1, -0.05) is 12.1 Å². The minimum absolute atomic E-state index is 0.360. The van der Waals surface area contributed by atoms with Crippen LogP contribution in [0.2, 0.25) is 0 Å². The molecule has 3 heterocycles. The number of likely N-dealkylation sites (N-methyl/N-ethyl adjacent to an activating group) is 1. The monoisotopic (exact) mass is 392 g/mol. The van der Waals surface area contributed by atoms with Gasteiger partial charge in [-0.25, -0.2) is 4.98 Å². The summed E-state index contributed by atoms with van der Waals surface area (Å²) in [6.07, 6.45) is 7.56. The topological polar surface area (TPSA) is 48.7 Å². The highest BCUT2D eigenvalue weighted by Gasteiger charge is 2.26. The van der Waals surface area contributed by atoms with E-state index in [-0.39, 0.29) is 0 Å². The Morgan fingerprint density at radius 3 is 2.93 bits per heavy atom. The number of aromatic nitrogens is 3. The maximum Gasteiger partial charge on any atom is 0.137 e. The summed E-state index contributed by atoms with van der Waals surface area (Å²) in [7, 11) is 6.42. The molecule has 6 heteroatoms. The van der Waals surface area contributed by atoms with Crippen molar-refractivity contribution >= 4 is 5.65 Å². The highest BCUT2D eigenvalue weighted by Crippen LogP contribution is 2.33. The molecule has 1 aliphatic carbocycles. The van der Waals surface area contributed by atoms with E-state index in [1.165, 1.54) is 23.4 Å². The second-order valence-electron chi connectivity index (χ2n) is 8.28. The van der Waals surface area contributed by atoms with E-state index in [0.717, 1.165) is 50.4 Å². The first-order valence-electron chi connectivity index (χ1n) is 10.6. The number of aryl methyl sites for hydroxylation is 1. The number of hydrogen-bond acceptors (Lipinski definition) is 5. The van der Waals surface area contributed by atoms with Gasteiger partial charge in [0.25, 0.3) is 0 Å². The van der Waals surface area contributed by atoms with Gasteiger partial charge in [-0.3, -0.25) is 9.88 Å². The lowest BCUT2D eigenvalue weighted by molar-refractivity contribution is 0.206. The van der Waals surface area contributed by atoms with Crippen LogP contribution in [0.15, 0.2) is 42.7 Å². The van der Waals surface area contributed by atoms with Gasteiger partial charge in [-0.2, -0.15) is 0 Å². The fraction of sp³-hybridized carbons (Fsp3) is 0.478. The van der Waals surface area contributed by atoms with Crippen LogP contribution in [-0.4, -0.2) is 58.4 Å². The second-order valence-corrected chi connectivity index (χ2v) is 8.28. The van der Waals surface area contributed by atoms with E-state index in [2.05, 4.69) is 77.2 Å². The lowest BCUT2D eigenvalue weighted by Crippen LogP contribution is -2.30. The maximum atomic E-state index is 4.97. The molecule has 29 heavy (non-hydrogen) atoms. The molecule has 0 saturated carbocycles. The van der Waals surface area contributed by atoms with Gasteiger partial charge in [0, 0.05) is 38.6 Å². The fourth-order valence-corrected chi connectivity index (χ4v) is 4.28. The van der Waals surface area contributed by atoms with Crippen LogP contribution < -0.4 is 5.32 Å². The van der Waals surface area contributed by atoms with E-state index in [0.29, 0.717) is 6.04 Å². The molecule has 1 aliphatic rings. The van der Waals surface area contributed by atoms with Gasteiger partial charge in [0.05, 0.1) is 23.1 Å². The fourth-order valence-electron chi connectivity index (χ4n) is 4.28. The number of pyridine rings is 2. The van der Waals surface area contributed by atoms with Gasteiger partial charge in [-0.05, 0) is 64.2 Å². The molecule has 1 atom stereocenters. The van der Waals surface area contributed by atoms with Crippen LogP contribution in [0, 0.1) is 0 Å². The Morgan fingerprint density at radius 2 is 2.07 bits per heavy atom. The summed E-state index contributed by atoms with van der Waals surface area (Å²) in [5.74, 6) is 0. The zero-order valence-corrected chi connectivity index (χ0v) is 17.8. The summed E-state index contributed by atoms with van der Waals surface area (Å²) in [6, 6.07) is 10.9. The number of nitrogens with one attached hydrogen (secondary N) is 1. The smallest absolute Gasteiger partial charge is 0.137 e. The SMILES string of the molecule is CN(C)CCNCc1c(CN(C)C2CCCc3cccnc32)nc2ccccn12. The predicted octanol–water partition coefficient (Wildman–Crippen LogP) is 2.89. The molecule has 0 saturated heterocycles. The summed E-state index contributed by atoms with van der Waals surface area (Å²) in [6.45, 7) is 3.63. The highest BCUT2D eigenvalue weighted by atomic mass is 15.2. The van der Waals surface area contributed by atoms with E-state index in [1.54, 1.807) is 0 Å². The van der Waals surface area contributed by atoms with Crippen LogP contribution in [0.5, 0.6) is 0 Å². The molecule has 3 aromatic heterocycles. The van der Waals surface area contributed by atoms with E-state index in [1.807, 2.05) is 6.20 Å². The van der Waals surface area contributed by atoms with Crippen LogP contribution in [-0.2, 0) is 19.5 Å². The molecule has 0 bridgehead atoms. The first-order chi connectivity index (χ1) is 14.1. The van der Waals surface area contributed by atoms with Crippen molar-refractivity contribution < 1.29 is 0 Å². The highest BCUT2D eigenvalue weighted by molar-refractivity contribution is 5.43. The molecule has 0 amide bonds. The maximum absolute atomic E-state index is 4.97. The van der Waals surface area contributed by atoms with E-state index >= 15 is 0 Å². The van der Waals surface area contributed by atoms with Gasteiger partial charge in [0.2, 0.25) is 0 Å². The number of fused-ring (bicyclic) bond motifs is 2. The average molecular weight is 393 g/mol. The van der Waals surface area contributed by atoms with Gasteiger partial charge < -0.3 is 14.6 Å². The number of rotatable bonds is 8. The molecule has 4 rings (SSSR count). The Hall–Kier alpha value is -2.28. The molecule has 0 spiro atoms. The minimum atomic E-state index is 0.360. The predicted molar refractivity (Wildman–Crippen MR) is 117 cm³/mol. The molecule has 3 aromatic rings. The number of imidazole rings is 1. The second kappa shape index (κ2) is 9.03. The Labute approximate surface area is 173 Å². The first-order valence-corrected chi connectivity index (χ1v) is 10.6. The lowest BCUT2D eigenvalue weighted by Gasteiger charge is -2.32. The lowest BCUT2D eigenvalue weighted by atomic mass is 9.91. The van der Waals surface area contributed by atoms with Crippen molar-refractivity contribution in [2.75, 3.05) is 34.2 Å². The standard InChI is InChI=1S/C23H32N6/c1-27(2)15-13-24-16-21-19(26-22-11-4-5-14-29(21)22)17-28(3)20-10-6-8-18-9-7-12-25-23(18)20/h4-5,7,9,11-12,14,20,24H,6,8,10,13,15-17H2,1-3H3. The zero-order chi connectivity index (χ0) is 20.2. The molecule has 0 radical (unpaired) electrons. The van der Waals surface area contributed by atoms with Crippen molar-refractivity contribution in [1.29, 1.82) is 0 Å². The van der Waals surface area contributed by atoms with Crippen molar-refractivity contribution in [3.8, 4) is 0 Å². The number of nitrogens with zero attached hydrogens (tertiary/aromatic N) is 5. The summed E-state index contributed by atoms with van der Waals surface area (Å²) in [4.78, 5) is 14.3. The van der Waals surface area contributed by atoms with Crippen molar-refractivity contribution in [3.05, 3.63) is 65.4 Å². The van der Waals surface area contributed by atoms with Crippen LogP contribution in [0.25, 0.3) is 5.65 Å². The van der Waals surface area contributed by atoms with Gasteiger partial charge >= 0.3 is 0 Å². The Morgan fingerprint density at radius 1 is 1.17 bits per heavy atom. The Bertz CT molecular complexity index is 947. The third kappa shape index (κ3) is 4.50. The van der Waals surface area contributed by atoms with E-state index in [9.17, 15) is 0 Å². The molecule has 1 N–H and O–H groups in total. The summed E-state index contributed by atoms with van der Waals surface area (Å²) < 4.78 is 2.22. The summed E-state index contributed by atoms with van der Waals surface area (Å²) in [5, 5.41) is 3.59. The largest absolute Gasteiger partial charge is 0.310 e. The summed E-state index contributed by atoms with van der Waals surface area (Å²) >= 11 is 0. The molecular weight excluding hydrogens is 360 g/mol. The minimum Gasteiger partial charge on any atom is -0.310 e. The quantitative estimate of drug-likeness (QED) is 0.598. The molecule has 1 unspecified atom stereocenters. The van der Waals surface area contributed by atoms with Crippen molar-refractivity contribution in [2.45, 2.75) is 38.4 Å². The van der Waals surface area contributed by atoms with Crippen LogP contribution >= 0.6 is 0 Å². The van der Waals surface area contributed by atoms with E-state index in [4.69, 9.17) is 9.97 Å².